The third-order valence-corrected chi connectivity index (χ3v) is 4.76. The Labute approximate surface area is 105 Å². The van der Waals surface area contributed by atoms with Crippen molar-refractivity contribution in [2.75, 3.05) is 25.4 Å². The van der Waals surface area contributed by atoms with E-state index in [1.165, 1.54) is 24.6 Å². The number of nitrogens with zero attached hydrogens (tertiary/aromatic N) is 1. The Morgan fingerprint density at radius 3 is 3.00 bits per heavy atom. The van der Waals surface area contributed by atoms with E-state index in [-0.39, 0.29) is 17.2 Å². The summed E-state index contributed by atoms with van der Waals surface area (Å²) in [5.41, 5.74) is 0. The maximum absolute atomic E-state index is 12.2. The first kappa shape index (κ1) is 11.3. The van der Waals surface area contributed by atoms with Crippen LogP contribution in [-0.4, -0.2) is 53.5 Å². The van der Waals surface area contributed by atoms with Crippen molar-refractivity contribution in [2.24, 2.45) is 5.92 Å². The quantitative estimate of drug-likeness (QED) is 0.693. The zero-order chi connectivity index (χ0) is 11.8. The summed E-state index contributed by atoms with van der Waals surface area (Å²) in [6.45, 7) is 2.73. The molecular formula is C11H17N3O2S. The Morgan fingerprint density at radius 2 is 2.29 bits per heavy atom. The predicted molar refractivity (Wildman–Crippen MR) is 65.9 cm³/mol. The van der Waals surface area contributed by atoms with Crippen molar-refractivity contribution in [1.82, 2.24) is 15.5 Å². The van der Waals surface area contributed by atoms with Gasteiger partial charge in [0.05, 0.1) is 0 Å². The van der Waals surface area contributed by atoms with Crippen LogP contribution in [0.15, 0.2) is 0 Å². The minimum atomic E-state index is -0.298. The number of likely N-dealkylation sites (tertiary alicyclic amines) is 1. The van der Waals surface area contributed by atoms with Gasteiger partial charge in [-0.25, -0.2) is 0 Å². The monoisotopic (exact) mass is 255 g/mol. The van der Waals surface area contributed by atoms with Gasteiger partial charge in [-0.05, 0) is 25.3 Å². The van der Waals surface area contributed by atoms with Crippen LogP contribution >= 0.6 is 11.8 Å². The van der Waals surface area contributed by atoms with Crippen LogP contribution < -0.4 is 10.6 Å². The number of hydrogen-bond acceptors (Lipinski definition) is 4. The summed E-state index contributed by atoms with van der Waals surface area (Å²) in [4.78, 5) is 25.2. The second-order valence-corrected chi connectivity index (χ2v) is 5.99. The average molecular weight is 255 g/mol. The lowest BCUT2D eigenvalue weighted by Crippen LogP contribution is -2.45. The van der Waals surface area contributed by atoms with Crippen LogP contribution in [0, 0.1) is 5.92 Å². The van der Waals surface area contributed by atoms with Crippen molar-refractivity contribution < 1.29 is 9.59 Å². The minimum Gasteiger partial charge on any atom is -0.339 e. The maximum Gasteiger partial charge on any atom is 0.279 e. The molecule has 0 aromatic rings. The van der Waals surface area contributed by atoms with E-state index in [1.807, 2.05) is 4.90 Å². The molecule has 0 aromatic carbocycles. The zero-order valence-electron chi connectivity index (χ0n) is 9.65. The third kappa shape index (κ3) is 2.15. The molecule has 5 nitrogen and oxygen atoms in total. The summed E-state index contributed by atoms with van der Waals surface area (Å²) in [5, 5.41) is 6.13. The van der Waals surface area contributed by atoms with Crippen LogP contribution in [-0.2, 0) is 4.79 Å². The lowest BCUT2D eigenvalue weighted by molar-refractivity contribution is -0.131. The minimum absolute atomic E-state index is 0.0712. The highest BCUT2D eigenvalue weighted by Gasteiger charge is 2.40. The van der Waals surface area contributed by atoms with Crippen molar-refractivity contribution in [3.63, 3.8) is 0 Å². The van der Waals surface area contributed by atoms with Crippen LogP contribution in [0.2, 0.25) is 0 Å². The van der Waals surface area contributed by atoms with Crippen LogP contribution in [0.3, 0.4) is 0 Å². The van der Waals surface area contributed by atoms with Gasteiger partial charge in [-0.2, -0.15) is 0 Å². The Morgan fingerprint density at radius 1 is 1.41 bits per heavy atom. The summed E-state index contributed by atoms with van der Waals surface area (Å²) in [7, 11) is 0. The highest BCUT2D eigenvalue weighted by Crippen LogP contribution is 2.26. The average Bonchev–Trinajstić information content (AvgIpc) is 2.93. The number of carbonyl (C=O) groups is 2. The number of rotatable bonds is 1. The molecule has 2 amide bonds. The summed E-state index contributed by atoms with van der Waals surface area (Å²) in [5.74, 6) is 1.29. The maximum atomic E-state index is 12.2. The molecule has 6 heteroatoms. The van der Waals surface area contributed by atoms with Gasteiger partial charge in [-0.1, -0.05) is 11.8 Å². The third-order valence-electron chi connectivity index (χ3n) is 3.88. The molecule has 3 aliphatic heterocycles. The molecule has 3 aliphatic rings. The zero-order valence-corrected chi connectivity index (χ0v) is 10.5. The molecule has 94 valence electrons. The molecule has 0 saturated carbocycles. The van der Waals surface area contributed by atoms with Crippen molar-refractivity contribution in [3.05, 3.63) is 0 Å². The summed E-state index contributed by atoms with van der Waals surface area (Å²) in [6, 6.07) is 0.171. The molecule has 0 spiro atoms. The number of amides is 2. The topological polar surface area (TPSA) is 61.4 Å². The normalized spacial score (nSPS) is 36.8. The van der Waals surface area contributed by atoms with Crippen LogP contribution in [0.4, 0.5) is 4.79 Å². The van der Waals surface area contributed by atoms with E-state index in [0.29, 0.717) is 17.7 Å². The van der Waals surface area contributed by atoms with Crippen LogP contribution in [0.5, 0.6) is 0 Å². The van der Waals surface area contributed by atoms with E-state index in [4.69, 9.17) is 0 Å². The molecule has 0 aliphatic carbocycles. The Bertz CT molecular complexity index is 336. The van der Waals surface area contributed by atoms with E-state index in [2.05, 4.69) is 10.6 Å². The van der Waals surface area contributed by atoms with Crippen LogP contribution in [0.1, 0.15) is 12.8 Å². The smallest absolute Gasteiger partial charge is 0.279 e. The lowest BCUT2D eigenvalue weighted by Gasteiger charge is -2.24. The standard InChI is InChI=1S/C11H17N3O2S/c15-10(9-6-17-11(16)13-9)14-4-7-2-1-3-12-8(7)5-14/h7-9,12H,1-6H2,(H,13,16). The molecule has 3 saturated heterocycles. The number of nitrogens with one attached hydrogen (secondary N) is 2. The first-order valence-corrected chi connectivity index (χ1v) is 7.18. The second kappa shape index (κ2) is 4.49. The molecule has 3 atom stereocenters. The van der Waals surface area contributed by atoms with Gasteiger partial charge in [0, 0.05) is 24.9 Å². The van der Waals surface area contributed by atoms with Gasteiger partial charge in [-0.15, -0.1) is 0 Å². The van der Waals surface area contributed by atoms with E-state index in [1.54, 1.807) is 0 Å². The van der Waals surface area contributed by atoms with Gasteiger partial charge in [0.25, 0.3) is 5.24 Å². The van der Waals surface area contributed by atoms with E-state index < -0.39 is 0 Å². The van der Waals surface area contributed by atoms with Crippen molar-refractivity contribution >= 4 is 22.9 Å². The summed E-state index contributed by atoms with van der Waals surface area (Å²) >= 11 is 1.20. The Hall–Kier alpha value is -0.750. The van der Waals surface area contributed by atoms with Crippen molar-refractivity contribution in [2.45, 2.75) is 24.9 Å². The van der Waals surface area contributed by atoms with Crippen molar-refractivity contribution in [3.8, 4) is 0 Å². The van der Waals surface area contributed by atoms with Gasteiger partial charge in [0.1, 0.15) is 6.04 Å². The lowest BCUT2D eigenvalue weighted by atomic mass is 9.94. The van der Waals surface area contributed by atoms with E-state index in [0.717, 1.165) is 19.6 Å². The first-order valence-electron chi connectivity index (χ1n) is 6.19. The highest BCUT2D eigenvalue weighted by molar-refractivity contribution is 8.14. The van der Waals surface area contributed by atoms with Gasteiger partial charge < -0.3 is 15.5 Å². The van der Waals surface area contributed by atoms with Crippen LogP contribution in [0.25, 0.3) is 0 Å². The molecular weight excluding hydrogens is 238 g/mol. The molecule has 17 heavy (non-hydrogen) atoms. The molecule has 2 N–H and O–H groups in total. The fourth-order valence-corrected chi connectivity index (χ4v) is 3.73. The fraction of sp³-hybridized carbons (Fsp3) is 0.818. The summed E-state index contributed by atoms with van der Waals surface area (Å²) < 4.78 is 0. The number of thioether (sulfide) groups is 1. The first-order chi connectivity index (χ1) is 8.24. The molecule has 0 radical (unpaired) electrons. The molecule has 3 heterocycles. The second-order valence-electron chi connectivity index (χ2n) is 5.00. The fourth-order valence-electron chi connectivity index (χ4n) is 2.96. The Balaban J connectivity index is 1.62. The largest absolute Gasteiger partial charge is 0.339 e. The molecule has 3 unspecified atom stereocenters. The van der Waals surface area contributed by atoms with Gasteiger partial charge in [-0.3, -0.25) is 9.59 Å². The molecule has 3 rings (SSSR count). The van der Waals surface area contributed by atoms with Gasteiger partial charge in [0.15, 0.2) is 0 Å². The highest BCUT2D eigenvalue weighted by atomic mass is 32.2. The number of piperidine rings is 1. The van der Waals surface area contributed by atoms with Gasteiger partial charge in [0.2, 0.25) is 5.91 Å². The molecule has 0 bridgehead atoms. The Kier molecular flexibility index (Phi) is 3.00. The van der Waals surface area contributed by atoms with E-state index >= 15 is 0 Å². The molecule has 3 fully saturated rings. The molecule has 0 aromatic heterocycles. The summed E-state index contributed by atoms with van der Waals surface area (Å²) in [6.07, 6.45) is 2.42. The van der Waals surface area contributed by atoms with Crippen molar-refractivity contribution in [1.29, 1.82) is 0 Å². The number of carbonyl (C=O) groups excluding carboxylic acids is 2. The SMILES string of the molecule is O=C1NC(C(=O)N2CC3CCCNC3C2)CS1. The predicted octanol–water partition coefficient (Wildman–Crippen LogP) is 0.0218. The number of hydrogen-bond donors (Lipinski definition) is 2. The van der Waals surface area contributed by atoms with E-state index in [9.17, 15) is 9.59 Å². The van der Waals surface area contributed by atoms with Gasteiger partial charge >= 0.3 is 0 Å². The number of fused-ring (bicyclic) bond motifs is 1.